The zero-order valence-electron chi connectivity index (χ0n) is 17.1. The molecule has 1 amide bonds. The fraction of sp³-hybridized carbons (Fsp3) is 0.0800. The first-order chi connectivity index (χ1) is 15.6. The molecule has 0 saturated heterocycles. The van der Waals surface area contributed by atoms with Crippen LogP contribution in [0.2, 0.25) is 0 Å². The second-order valence-corrected chi connectivity index (χ2v) is 7.58. The molecule has 0 radical (unpaired) electrons. The van der Waals surface area contributed by atoms with Gasteiger partial charge in [-0.15, -0.1) is 0 Å². The summed E-state index contributed by atoms with van der Waals surface area (Å²) in [4.78, 5) is 16.5. The van der Waals surface area contributed by atoms with Gasteiger partial charge in [-0.25, -0.2) is 4.39 Å². The molecule has 1 aromatic heterocycles. The summed E-state index contributed by atoms with van der Waals surface area (Å²) in [5.41, 5.74) is 3.53. The van der Waals surface area contributed by atoms with Crippen molar-refractivity contribution in [1.29, 1.82) is 0 Å². The minimum atomic E-state index is -0.555. The van der Waals surface area contributed by atoms with Gasteiger partial charge in [0.1, 0.15) is 5.82 Å². The summed E-state index contributed by atoms with van der Waals surface area (Å²) in [6, 6.07) is 23.1. The number of carbonyl (C=O) groups is 1. The molecule has 0 aliphatic carbocycles. The fourth-order valence-electron chi connectivity index (χ4n) is 3.26. The van der Waals surface area contributed by atoms with Crippen LogP contribution in [0.5, 0.6) is 0 Å². The Morgan fingerprint density at radius 1 is 0.906 bits per heavy atom. The minimum absolute atomic E-state index is 0.00255. The maximum absolute atomic E-state index is 13.7. The molecule has 4 rings (SSSR count). The Morgan fingerprint density at radius 2 is 1.66 bits per heavy atom. The second kappa shape index (κ2) is 9.98. The van der Waals surface area contributed by atoms with Crippen LogP contribution in [0.15, 0.2) is 85.1 Å². The number of carbonyl (C=O) groups excluding carboxylic acids is 1. The molecule has 0 aliphatic heterocycles. The predicted octanol–water partition coefficient (Wildman–Crippen LogP) is 5.16. The molecule has 160 valence electrons. The number of hydrogen-bond donors (Lipinski definition) is 3. The molecule has 0 aliphatic rings. The lowest BCUT2D eigenvalue weighted by Gasteiger charge is -2.12. The largest absolute Gasteiger partial charge is 0.362 e. The lowest BCUT2D eigenvalue weighted by Crippen LogP contribution is -2.30. The molecule has 5 nitrogen and oxygen atoms in total. The first-order valence-corrected chi connectivity index (χ1v) is 10.5. The summed E-state index contributed by atoms with van der Waals surface area (Å²) < 4.78 is 13.7. The maximum Gasteiger partial charge on any atom is 0.258 e. The van der Waals surface area contributed by atoms with Crippen LogP contribution in [0, 0.1) is 5.82 Å². The van der Waals surface area contributed by atoms with Gasteiger partial charge in [-0.05, 0) is 78.8 Å². The number of aromatic nitrogens is 1. The third-order valence-corrected chi connectivity index (χ3v) is 5.13. The van der Waals surface area contributed by atoms with Crippen molar-refractivity contribution in [2.45, 2.75) is 6.42 Å². The van der Waals surface area contributed by atoms with E-state index in [1.165, 1.54) is 17.7 Å². The number of hydrogen-bond acceptors (Lipinski definition) is 3. The Morgan fingerprint density at radius 3 is 2.44 bits per heavy atom. The zero-order chi connectivity index (χ0) is 22.3. The Balaban J connectivity index is 1.26. The van der Waals surface area contributed by atoms with Crippen LogP contribution < -0.4 is 16.0 Å². The number of amides is 1. The van der Waals surface area contributed by atoms with Gasteiger partial charge in [0.15, 0.2) is 5.11 Å². The Hall–Kier alpha value is -3.84. The highest BCUT2D eigenvalue weighted by Crippen LogP contribution is 2.16. The van der Waals surface area contributed by atoms with Crippen molar-refractivity contribution < 1.29 is 9.18 Å². The first-order valence-electron chi connectivity index (χ1n) is 10.1. The summed E-state index contributed by atoms with van der Waals surface area (Å²) in [5.74, 6) is -1.05. The van der Waals surface area contributed by atoms with Crippen LogP contribution in [-0.4, -0.2) is 22.5 Å². The highest BCUT2D eigenvalue weighted by Gasteiger charge is 2.10. The first kappa shape index (κ1) is 21.4. The second-order valence-electron chi connectivity index (χ2n) is 7.17. The van der Waals surface area contributed by atoms with Crippen molar-refractivity contribution in [1.82, 2.24) is 10.3 Å². The van der Waals surface area contributed by atoms with E-state index in [-0.39, 0.29) is 5.56 Å². The fourth-order valence-corrected chi connectivity index (χ4v) is 3.48. The number of thiocarbonyl (C=S) groups is 1. The minimum Gasteiger partial charge on any atom is -0.362 e. The lowest BCUT2D eigenvalue weighted by atomic mass is 10.1. The van der Waals surface area contributed by atoms with Crippen LogP contribution in [0.25, 0.3) is 10.9 Å². The number of benzene rings is 3. The summed E-state index contributed by atoms with van der Waals surface area (Å²) >= 11 is 5.37. The van der Waals surface area contributed by atoms with E-state index in [0.717, 1.165) is 23.0 Å². The number of nitrogens with one attached hydrogen (secondary N) is 3. The van der Waals surface area contributed by atoms with E-state index in [1.807, 2.05) is 18.2 Å². The molecule has 0 fully saturated rings. The van der Waals surface area contributed by atoms with E-state index in [0.29, 0.717) is 17.3 Å². The average molecular weight is 445 g/mol. The molecular formula is C25H21FN4OS. The summed E-state index contributed by atoms with van der Waals surface area (Å²) in [5, 5.41) is 10.6. The third kappa shape index (κ3) is 5.44. The monoisotopic (exact) mass is 444 g/mol. The molecular weight excluding hydrogens is 423 g/mol. The van der Waals surface area contributed by atoms with Gasteiger partial charge in [-0.3, -0.25) is 9.78 Å². The Kier molecular flexibility index (Phi) is 6.67. The number of halogens is 1. The van der Waals surface area contributed by atoms with E-state index < -0.39 is 11.7 Å². The number of rotatable bonds is 6. The smallest absolute Gasteiger partial charge is 0.258 e. The number of nitrogens with zero attached hydrogens (tertiary/aromatic N) is 1. The highest BCUT2D eigenvalue weighted by molar-refractivity contribution is 7.80. The van der Waals surface area contributed by atoms with E-state index in [1.54, 1.807) is 42.6 Å². The van der Waals surface area contributed by atoms with Gasteiger partial charge >= 0.3 is 0 Å². The summed E-state index contributed by atoms with van der Waals surface area (Å²) in [6.07, 6.45) is 2.62. The van der Waals surface area contributed by atoms with E-state index in [2.05, 4.69) is 33.1 Å². The van der Waals surface area contributed by atoms with Crippen LogP contribution >= 0.6 is 12.2 Å². The molecule has 7 heteroatoms. The standard InChI is InChI=1S/C25H21FN4OS/c26-22-6-2-1-5-21(22)24(31)29-19-8-10-20(11-9-19)30-25(32)28-15-13-17-7-12-23-18(16-17)4-3-14-27-23/h1-12,14,16H,13,15H2,(H,29,31)(H2,28,30,32). The van der Waals surface area contributed by atoms with Gasteiger partial charge in [0.2, 0.25) is 0 Å². The number of anilines is 2. The van der Waals surface area contributed by atoms with Gasteiger partial charge in [0.05, 0.1) is 11.1 Å². The van der Waals surface area contributed by atoms with Crippen LogP contribution in [0.3, 0.4) is 0 Å². The Labute approximate surface area is 190 Å². The summed E-state index contributed by atoms with van der Waals surface area (Å²) in [6.45, 7) is 0.689. The van der Waals surface area contributed by atoms with E-state index in [4.69, 9.17) is 12.2 Å². The van der Waals surface area contributed by atoms with E-state index in [9.17, 15) is 9.18 Å². The van der Waals surface area contributed by atoms with Crippen molar-refractivity contribution in [3.63, 3.8) is 0 Å². The van der Waals surface area contributed by atoms with E-state index >= 15 is 0 Å². The molecule has 32 heavy (non-hydrogen) atoms. The van der Waals surface area contributed by atoms with Gasteiger partial charge in [0.25, 0.3) is 5.91 Å². The Bertz CT molecular complexity index is 1260. The molecule has 0 saturated carbocycles. The molecule has 3 N–H and O–H groups in total. The predicted molar refractivity (Wildman–Crippen MR) is 130 cm³/mol. The molecule has 0 unspecified atom stereocenters. The number of fused-ring (bicyclic) bond motifs is 1. The van der Waals surface area contributed by atoms with Gasteiger partial charge < -0.3 is 16.0 Å². The highest BCUT2D eigenvalue weighted by atomic mass is 32.1. The van der Waals surface area contributed by atoms with Crippen molar-refractivity contribution in [3.05, 3.63) is 102 Å². The van der Waals surface area contributed by atoms with Crippen molar-refractivity contribution in [2.24, 2.45) is 0 Å². The lowest BCUT2D eigenvalue weighted by molar-refractivity contribution is 0.102. The molecule has 0 bridgehead atoms. The molecule has 0 spiro atoms. The molecule has 0 atom stereocenters. The molecule has 4 aromatic rings. The molecule has 1 heterocycles. The van der Waals surface area contributed by atoms with Crippen molar-refractivity contribution in [3.8, 4) is 0 Å². The van der Waals surface area contributed by atoms with Gasteiger partial charge in [-0.2, -0.15) is 0 Å². The number of pyridine rings is 1. The summed E-state index contributed by atoms with van der Waals surface area (Å²) in [7, 11) is 0. The van der Waals surface area contributed by atoms with Crippen LogP contribution in [-0.2, 0) is 6.42 Å². The van der Waals surface area contributed by atoms with Gasteiger partial charge in [-0.1, -0.05) is 24.3 Å². The SMILES string of the molecule is O=C(Nc1ccc(NC(=S)NCCc2ccc3ncccc3c2)cc1)c1ccccc1F. The van der Waals surface area contributed by atoms with Crippen LogP contribution in [0.1, 0.15) is 15.9 Å². The topological polar surface area (TPSA) is 66.1 Å². The molecule has 3 aromatic carbocycles. The van der Waals surface area contributed by atoms with Crippen LogP contribution in [0.4, 0.5) is 15.8 Å². The normalized spacial score (nSPS) is 10.5. The third-order valence-electron chi connectivity index (χ3n) is 4.89. The quantitative estimate of drug-likeness (QED) is 0.359. The van der Waals surface area contributed by atoms with Gasteiger partial charge in [0, 0.05) is 29.5 Å². The zero-order valence-corrected chi connectivity index (χ0v) is 18.0. The van der Waals surface area contributed by atoms with Crippen molar-refractivity contribution >= 4 is 45.5 Å². The maximum atomic E-state index is 13.7. The average Bonchev–Trinajstić information content (AvgIpc) is 2.80. The van der Waals surface area contributed by atoms with Crippen molar-refractivity contribution in [2.75, 3.05) is 17.2 Å².